The van der Waals surface area contributed by atoms with Crippen LogP contribution in [0.2, 0.25) is 0 Å². The van der Waals surface area contributed by atoms with Crippen molar-refractivity contribution in [2.24, 2.45) is 0 Å². The number of benzene rings is 1. The van der Waals surface area contributed by atoms with E-state index in [0.717, 1.165) is 18.4 Å². The zero-order valence-electron chi connectivity index (χ0n) is 11.0. The van der Waals surface area contributed by atoms with Crippen molar-refractivity contribution in [3.05, 3.63) is 35.9 Å². The Hall–Kier alpha value is -1.77. The first-order valence-corrected chi connectivity index (χ1v) is 6.22. The highest BCUT2D eigenvalue weighted by Crippen LogP contribution is 2.26. The topological polar surface area (TPSA) is 46.5 Å². The molecule has 0 amide bonds. The van der Waals surface area contributed by atoms with Gasteiger partial charge in [0.2, 0.25) is 0 Å². The van der Waals surface area contributed by atoms with Gasteiger partial charge in [-0.3, -0.25) is 4.79 Å². The van der Waals surface area contributed by atoms with Crippen LogP contribution < -0.4 is 4.74 Å². The lowest BCUT2D eigenvalue weighted by Gasteiger charge is -2.04. The molecular weight excluding hydrogens is 228 g/mol. The van der Waals surface area contributed by atoms with Gasteiger partial charge in [0, 0.05) is 6.42 Å². The van der Waals surface area contributed by atoms with E-state index in [-0.39, 0.29) is 11.5 Å². The molecule has 0 aliphatic rings. The molecule has 0 aliphatic carbocycles. The monoisotopic (exact) mass is 248 g/mol. The third kappa shape index (κ3) is 4.62. The van der Waals surface area contributed by atoms with Gasteiger partial charge in [-0.05, 0) is 36.6 Å². The summed E-state index contributed by atoms with van der Waals surface area (Å²) in [6.07, 6.45) is 6.67. The number of hydrogen-bond donors (Lipinski definition) is 1. The van der Waals surface area contributed by atoms with Gasteiger partial charge in [-0.15, -0.1) is 0 Å². The fraction of sp³-hybridized carbons (Fsp3) is 0.400. The van der Waals surface area contributed by atoms with Crippen LogP contribution in [0, 0.1) is 0 Å². The SMILES string of the molecule is CCCCC(=O)C=CCc1ccc(OC)c(O)c1. The van der Waals surface area contributed by atoms with Crippen molar-refractivity contribution in [2.75, 3.05) is 7.11 Å². The largest absolute Gasteiger partial charge is 0.504 e. The molecule has 0 saturated carbocycles. The minimum absolute atomic E-state index is 0.126. The van der Waals surface area contributed by atoms with Gasteiger partial charge in [0.25, 0.3) is 0 Å². The Morgan fingerprint density at radius 3 is 2.83 bits per heavy atom. The van der Waals surface area contributed by atoms with E-state index < -0.39 is 0 Å². The van der Waals surface area contributed by atoms with Crippen LogP contribution in [-0.2, 0) is 11.2 Å². The molecule has 0 atom stereocenters. The number of allylic oxidation sites excluding steroid dienone is 2. The summed E-state index contributed by atoms with van der Waals surface area (Å²) in [5.41, 5.74) is 0.952. The molecule has 3 heteroatoms. The van der Waals surface area contributed by atoms with Crippen LogP contribution in [-0.4, -0.2) is 18.0 Å². The molecule has 98 valence electrons. The Bertz CT molecular complexity index is 422. The second-order valence-electron chi connectivity index (χ2n) is 4.18. The standard InChI is InChI=1S/C15H20O3/c1-3-4-7-13(16)8-5-6-12-9-10-15(18-2)14(17)11-12/h5,8-11,17H,3-4,6-7H2,1-2H3. The molecule has 0 saturated heterocycles. The van der Waals surface area contributed by atoms with E-state index in [2.05, 4.69) is 6.92 Å². The fourth-order valence-corrected chi connectivity index (χ4v) is 1.62. The van der Waals surface area contributed by atoms with Crippen LogP contribution in [0.25, 0.3) is 0 Å². The minimum atomic E-state index is 0.126. The first-order valence-electron chi connectivity index (χ1n) is 6.22. The van der Waals surface area contributed by atoms with Gasteiger partial charge in [0.1, 0.15) is 0 Å². The summed E-state index contributed by atoms with van der Waals surface area (Å²) >= 11 is 0. The molecule has 1 aromatic carbocycles. The van der Waals surface area contributed by atoms with Gasteiger partial charge in [-0.25, -0.2) is 0 Å². The van der Waals surface area contributed by atoms with Crippen LogP contribution in [0.3, 0.4) is 0 Å². The van der Waals surface area contributed by atoms with Crippen molar-refractivity contribution in [1.82, 2.24) is 0 Å². The molecule has 0 bridgehead atoms. The second-order valence-corrected chi connectivity index (χ2v) is 4.18. The van der Waals surface area contributed by atoms with Crippen LogP contribution >= 0.6 is 0 Å². The van der Waals surface area contributed by atoms with E-state index in [1.54, 1.807) is 18.2 Å². The molecule has 1 aromatic rings. The molecule has 1 rings (SSSR count). The lowest BCUT2D eigenvalue weighted by Crippen LogP contribution is -1.92. The summed E-state index contributed by atoms with van der Waals surface area (Å²) in [4.78, 5) is 11.4. The molecular formula is C15H20O3. The predicted molar refractivity (Wildman–Crippen MR) is 72.0 cm³/mol. The molecule has 0 fully saturated rings. The number of hydrogen-bond acceptors (Lipinski definition) is 3. The molecule has 0 heterocycles. The Morgan fingerprint density at radius 2 is 2.22 bits per heavy atom. The molecule has 0 aromatic heterocycles. The van der Waals surface area contributed by atoms with E-state index in [4.69, 9.17) is 4.74 Å². The second kappa shape index (κ2) is 7.54. The fourth-order valence-electron chi connectivity index (χ4n) is 1.62. The highest BCUT2D eigenvalue weighted by molar-refractivity contribution is 5.89. The van der Waals surface area contributed by atoms with Crippen molar-refractivity contribution in [1.29, 1.82) is 0 Å². The zero-order valence-corrected chi connectivity index (χ0v) is 11.0. The maximum Gasteiger partial charge on any atom is 0.160 e. The zero-order chi connectivity index (χ0) is 13.4. The molecule has 0 radical (unpaired) electrons. The average molecular weight is 248 g/mol. The van der Waals surface area contributed by atoms with Gasteiger partial charge in [0.05, 0.1) is 7.11 Å². The highest BCUT2D eigenvalue weighted by atomic mass is 16.5. The molecule has 0 aliphatic heterocycles. The summed E-state index contributed by atoms with van der Waals surface area (Å²) < 4.78 is 4.96. The van der Waals surface area contributed by atoms with Crippen LogP contribution in [0.5, 0.6) is 11.5 Å². The number of ether oxygens (including phenoxy) is 1. The highest BCUT2D eigenvalue weighted by Gasteiger charge is 2.01. The van der Waals surface area contributed by atoms with E-state index in [9.17, 15) is 9.90 Å². The first kappa shape index (κ1) is 14.3. The summed E-state index contributed by atoms with van der Waals surface area (Å²) in [6.45, 7) is 2.07. The quantitative estimate of drug-likeness (QED) is 0.753. The molecule has 0 unspecified atom stereocenters. The van der Waals surface area contributed by atoms with Gasteiger partial charge in [-0.1, -0.05) is 25.5 Å². The Morgan fingerprint density at radius 1 is 1.44 bits per heavy atom. The molecule has 18 heavy (non-hydrogen) atoms. The maximum absolute atomic E-state index is 11.4. The number of unbranched alkanes of at least 4 members (excludes halogenated alkanes) is 1. The van der Waals surface area contributed by atoms with E-state index in [1.807, 2.05) is 12.1 Å². The van der Waals surface area contributed by atoms with E-state index in [0.29, 0.717) is 18.6 Å². The number of phenols is 1. The van der Waals surface area contributed by atoms with E-state index in [1.165, 1.54) is 7.11 Å². The molecule has 3 nitrogen and oxygen atoms in total. The summed E-state index contributed by atoms with van der Waals surface area (Å²) in [5.74, 6) is 0.747. The van der Waals surface area contributed by atoms with Crippen LogP contribution in [0.1, 0.15) is 31.7 Å². The smallest absolute Gasteiger partial charge is 0.160 e. The Kier molecular flexibility index (Phi) is 5.98. The number of methoxy groups -OCH3 is 1. The van der Waals surface area contributed by atoms with Crippen molar-refractivity contribution in [2.45, 2.75) is 32.6 Å². The number of ketones is 1. The number of aromatic hydroxyl groups is 1. The lowest BCUT2D eigenvalue weighted by atomic mass is 10.1. The van der Waals surface area contributed by atoms with Crippen molar-refractivity contribution in [3.8, 4) is 11.5 Å². The van der Waals surface area contributed by atoms with Gasteiger partial charge in [0.15, 0.2) is 17.3 Å². The number of rotatable bonds is 7. The van der Waals surface area contributed by atoms with Crippen molar-refractivity contribution < 1.29 is 14.6 Å². The minimum Gasteiger partial charge on any atom is -0.504 e. The van der Waals surface area contributed by atoms with Crippen molar-refractivity contribution >= 4 is 5.78 Å². The predicted octanol–water partition coefficient (Wildman–Crippen LogP) is 3.26. The van der Waals surface area contributed by atoms with Crippen LogP contribution in [0.15, 0.2) is 30.4 Å². The van der Waals surface area contributed by atoms with E-state index >= 15 is 0 Å². The third-order valence-electron chi connectivity index (χ3n) is 2.68. The third-order valence-corrected chi connectivity index (χ3v) is 2.68. The summed E-state index contributed by atoms with van der Waals surface area (Å²) in [5, 5.41) is 9.60. The van der Waals surface area contributed by atoms with Crippen LogP contribution in [0.4, 0.5) is 0 Å². The Labute approximate surface area is 108 Å². The summed E-state index contributed by atoms with van der Waals surface area (Å²) in [7, 11) is 1.51. The van der Waals surface area contributed by atoms with Crippen molar-refractivity contribution in [3.63, 3.8) is 0 Å². The molecule has 0 spiro atoms. The van der Waals surface area contributed by atoms with Gasteiger partial charge in [-0.2, -0.15) is 0 Å². The average Bonchev–Trinajstić information content (AvgIpc) is 2.36. The number of carbonyl (C=O) groups excluding carboxylic acids is 1. The first-order chi connectivity index (χ1) is 8.67. The number of phenolic OH excluding ortho intramolecular Hbond substituents is 1. The Balaban J connectivity index is 2.50. The molecule has 1 N–H and O–H groups in total. The van der Waals surface area contributed by atoms with Gasteiger partial charge >= 0.3 is 0 Å². The van der Waals surface area contributed by atoms with Gasteiger partial charge < -0.3 is 9.84 Å². The maximum atomic E-state index is 11.4. The lowest BCUT2D eigenvalue weighted by molar-refractivity contribution is -0.114. The number of carbonyl (C=O) groups is 1. The normalized spacial score (nSPS) is 10.8. The summed E-state index contributed by atoms with van der Waals surface area (Å²) in [6, 6.07) is 5.25.